The number of anilines is 2. The van der Waals surface area contributed by atoms with Crippen molar-refractivity contribution in [1.82, 2.24) is 14.5 Å². The van der Waals surface area contributed by atoms with Gasteiger partial charge in [0.1, 0.15) is 16.9 Å². The van der Waals surface area contributed by atoms with Crippen molar-refractivity contribution in [1.29, 1.82) is 0 Å². The number of carbonyl (C=O) groups is 1. The predicted octanol–water partition coefficient (Wildman–Crippen LogP) is 5.03. The van der Waals surface area contributed by atoms with Gasteiger partial charge in [-0.25, -0.2) is 9.97 Å². The van der Waals surface area contributed by atoms with Gasteiger partial charge >= 0.3 is 0 Å². The average molecular weight is 407 g/mol. The Morgan fingerprint density at radius 1 is 0.839 bits per heavy atom. The predicted molar refractivity (Wildman–Crippen MR) is 125 cm³/mol. The molecule has 0 atom stereocenters. The molecular formula is C25H21N5O. The zero-order chi connectivity index (χ0) is 21.5. The summed E-state index contributed by atoms with van der Waals surface area (Å²) in [6, 6.07) is 23.1. The number of hydrogen-bond acceptors (Lipinski definition) is 4. The van der Waals surface area contributed by atoms with Crippen LogP contribution in [-0.4, -0.2) is 20.4 Å². The van der Waals surface area contributed by atoms with Gasteiger partial charge in [-0.3, -0.25) is 9.36 Å². The molecule has 31 heavy (non-hydrogen) atoms. The molecule has 5 rings (SSSR count). The average Bonchev–Trinajstić information content (AvgIpc) is 3.05. The molecule has 0 aliphatic rings. The first-order valence-electron chi connectivity index (χ1n) is 10.0. The van der Waals surface area contributed by atoms with Gasteiger partial charge in [0, 0.05) is 11.4 Å². The van der Waals surface area contributed by atoms with Crippen LogP contribution in [-0.2, 0) is 0 Å². The van der Waals surface area contributed by atoms with E-state index >= 15 is 0 Å². The molecule has 0 saturated carbocycles. The van der Waals surface area contributed by atoms with Crippen molar-refractivity contribution in [2.75, 3.05) is 11.1 Å². The molecule has 0 bridgehead atoms. The Hall–Kier alpha value is -4.19. The van der Waals surface area contributed by atoms with Crippen LogP contribution in [0.4, 0.5) is 11.5 Å². The maximum Gasteiger partial charge on any atom is 0.261 e. The molecule has 3 N–H and O–H groups in total. The molecule has 0 spiro atoms. The minimum absolute atomic E-state index is 0.304. The van der Waals surface area contributed by atoms with Crippen LogP contribution in [0.25, 0.3) is 27.9 Å². The summed E-state index contributed by atoms with van der Waals surface area (Å²) in [6.07, 6.45) is 0. The number of carbonyl (C=O) groups excluding carboxylic acids is 1. The number of rotatable bonds is 3. The smallest absolute Gasteiger partial charge is 0.261 e. The fraction of sp³-hybridized carbons (Fsp3) is 0.0800. The van der Waals surface area contributed by atoms with Gasteiger partial charge in [0.25, 0.3) is 5.91 Å². The lowest BCUT2D eigenvalue weighted by Gasteiger charge is -2.09. The number of aromatic nitrogens is 3. The highest BCUT2D eigenvalue weighted by Gasteiger charge is 2.25. The number of amides is 1. The first-order valence-corrected chi connectivity index (χ1v) is 10.0. The van der Waals surface area contributed by atoms with E-state index in [0.29, 0.717) is 33.7 Å². The Morgan fingerprint density at radius 2 is 1.42 bits per heavy atom. The number of nitrogens with two attached hydrogens (primary N) is 1. The molecule has 6 nitrogen and oxygen atoms in total. The van der Waals surface area contributed by atoms with Crippen LogP contribution >= 0.6 is 0 Å². The minimum atomic E-state index is -0.318. The Kier molecular flexibility index (Phi) is 4.40. The van der Waals surface area contributed by atoms with Crippen LogP contribution in [0, 0.1) is 13.8 Å². The third-order valence-corrected chi connectivity index (χ3v) is 5.33. The molecule has 6 heteroatoms. The zero-order valence-corrected chi connectivity index (χ0v) is 17.3. The first-order chi connectivity index (χ1) is 15.0. The third-order valence-electron chi connectivity index (χ3n) is 5.33. The van der Waals surface area contributed by atoms with Crippen molar-refractivity contribution in [2.45, 2.75) is 13.8 Å². The van der Waals surface area contributed by atoms with Crippen molar-refractivity contribution in [3.8, 4) is 5.69 Å². The number of nitrogens with one attached hydrogen (secondary N) is 1. The topological polar surface area (TPSA) is 85.8 Å². The minimum Gasteiger partial charge on any atom is -0.384 e. The van der Waals surface area contributed by atoms with Gasteiger partial charge in [0.15, 0.2) is 5.65 Å². The second-order valence-electron chi connectivity index (χ2n) is 7.64. The molecule has 3 aromatic carbocycles. The molecule has 5 aromatic rings. The largest absolute Gasteiger partial charge is 0.384 e. The van der Waals surface area contributed by atoms with Crippen LogP contribution in [0.2, 0.25) is 0 Å². The van der Waals surface area contributed by atoms with E-state index in [1.165, 1.54) is 0 Å². The summed E-state index contributed by atoms with van der Waals surface area (Å²) in [7, 11) is 0. The Balaban J connectivity index is 1.74. The Labute approximate surface area is 179 Å². The van der Waals surface area contributed by atoms with Gasteiger partial charge in [-0.2, -0.15) is 0 Å². The zero-order valence-electron chi connectivity index (χ0n) is 17.3. The molecule has 0 aliphatic heterocycles. The number of benzene rings is 3. The molecule has 0 unspecified atom stereocenters. The van der Waals surface area contributed by atoms with Crippen molar-refractivity contribution in [3.63, 3.8) is 0 Å². The Bertz CT molecular complexity index is 1430. The van der Waals surface area contributed by atoms with Gasteiger partial charge in [0.2, 0.25) is 0 Å². The van der Waals surface area contributed by atoms with Gasteiger partial charge in [0.05, 0.1) is 11.0 Å². The van der Waals surface area contributed by atoms with Crippen LogP contribution in [0.15, 0.2) is 72.8 Å². The normalized spacial score (nSPS) is 11.2. The van der Waals surface area contributed by atoms with Gasteiger partial charge < -0.3 is 11.1 Å². The highest BCUT2D eigenvalue weighted by atomic mass is 16.1. The third kappa shape index (κ3) is 3.28. The quantitative estimate of drug-likeness (QED) is 0.439. The lowest BCUT2D eigenvalue weighted by molar-refractivity contribution is 0.102. The van der Waals surface area contributed by atoms with Crippen molar-refractivity contribution in [2.24, 2.45) is 0 Å². The van der Waals surface area contributed by atoms with E-state index in [2.05, 4.69) is 5.32 Å². The van der Waals surface area contributed by atoms with E-state index in [0.717, 1.165) is 22.3 Å². The highest BCUT2D eigenvalue weighted by molar-refractivity contribution is 6.16. The molecular weight excluding hydrogens is 386 g/mol. The highest BCUT2D eigenvalue weighted by Crippen LogP contribution is 2.31. The number of para-hydroxylation sites is 2. The molecule has 0 aliphatic carbocycles. The van der Waals surface area contributed by atoms with E-state index in [1.54, 1.807) is 4.57 Å². The summed E-state index contributed by atoms with van der Waals surface area (Å²) in [6.45, 7) is 4.02. The summed E-state index contributed by atoms with van der Waals surface area (Å²) in [4.78, 5) is 22.9. The maximum absolute atomic E-state index is 13.3. The molecule has 152 valence electrons. The van der Waals surface area contributed by atoms with Crippen LogP contribution in [0.3, 0.4) is 0 Å². The van der Waals surface area contributed by atoms with E-state index in [9.17, 15) is 4.79 Å². The van der Waals surface area contributed by atoms with Gasteiger partial charge in [-0.15, -0.1) is 0 Å². The van der Waals surface area contributed by atoms with E-state index < -0.39 is 0 Å². The fourth-order valence-corrected chi connectivity index (χ4v) is 3.67. The standard InChI is InChI=1S/C25H21N5O/c1-15-7-11-17(12-8-15)27-25(31)21-22-24(29-20-6-4-3-5-19(20)28-22)30(23(21)26)18-13-9-16(2)10-14-18/h3-14H,26H2,1-2H3,(H,27,31). The van der Waals surface area contributed by atoms with Crippen LogP contribution < -0.4 is 11.1 Å². The monoisotopic (exact) mass is 407 g/mol. The molecule has 2 heterocycles. The lowest BCUT2D eigenvalue weighted by atomic mass is 10.2. The van der Waals surface area contributed by atoms with Crippen LogP contribution in [0.5, 0.6) is 0 Å². The summed E-state index contributed by atoms with van der Waals surface area (Å²) < 4.78 is 1.79. The fourth-order valence-electron chi connectivity index (χ4n) is 3.67. The summed E-state index contributed by atoms with van der Waals surface area (Å²) in [5, 5.41) is 2.94. The molecule has 0 radical (unpaired) electrons. The van der Waals surface area contributed by atoms with E-state index in [1.807, 2.05) is 86.6 Å². The summed E-state index contributed by atoms with van der Waals surface area (Å²) in [5.41, 5.74) is 13.1. The van der Waals surface area contributed by atoms with Crippen molar-refractivity contribution >= 4 is 39.6 Å². The van der Waals surface area contributed by atoms with Crippen molar-refractivity contribution < 1.29 is 4.79 Å². The second-order valence-corrected chi connectivity index (χ2v) is 7.64. The van der Waals surface area contributed by atoms with E-state index in [4.69, 9.17) is 15.7 Å². The Morgan fingerprint density at radius 3 is 2.06 bits per heavy atom. The SMILES string of the molecule is Cc1ccc(NC(=O)c2c(N)n(-c3ccc(C)cc3)c3nc4ccccc4nc23)cc1. The van der Waals surface area contributed by atoms with Crippen LogP contribution in [0.1, 0.15) is 21.5 Å². The maximum atomic E-state index is 13.3. The second kappa shape index (κ2) is 7.25. The molecule has 2 aromatic heterocycles. The van der Waals surface area contributed by atoms with Gasteiger partial charge in [-0.1, -0.05) is 47.5 Å². The number of fused-ring (bicyclic) bond motifs is 2. The molecule has 0 fully saturated rings. The summed E-state index contributed by atoms with van der Waals surface area (Å²) in [5.74, 6) is -0.0134. The number of nitrogens with zero attached hydrogens (tertiary/aromatic N) is 3. The first kappa shape index (κ1) is 18.8. The van der Waals surface area contributed by atoms with Crippen molar-refractivity contribution in [3.05, 3.63) is 89.5 Å². The van der Waals surface area contributed by atoms with E-state index in [-0.39, 0.29) is 5.91 Å². The number of aryl methyl sites for hydroxylation is 2. The lowest BCUT2D eigenvalue weighted by Crippen LogP contribution is -2.14. The van der Waals surface area contributed by atoms with Gasteiger partial charge in [-0.05, 0) is 50.2 Å². The molecule has 0 saturated heterocycles. The summed E-state index contributed by atoms with van der Waals surface area (Å²) >= 11 is 0. The molecule has 1 amide bonds. The number of hydrogen-bond donors (Lipinski definition) is 2. The number of nitrogen functional groups attached to an aromatic ring is 1.